The van der Waals surface area contributed by atoms with Gasteiger partial charge in [0.05, 0.1) is 9.79 Å². The minimum absolute atomic E-state index is 0.364. The summed E-state index contributed by atoms with van der Waals surface area (Å²) in [7, 11) is -4.07. The fraction of sp³-hybridized carbons (Fsp3) is 0. The van der Waals surface area contributed by atoms with Crippen LogP contribution in [0.25, 0.3) is 0 Å². The minimum atomic E-state index is -4.07. The highest BCUT2D eigenvalue weighted by Gasteiger charge is 2.20. The van der Waals surface area contributed by atoms with Crippen LogP contribution in [0, 0.1) is 11.6 Å². The van der Waals surface area contributed by atoms with E-state index in [1.165, 1.54) is 0 Å². The van der Waals surface area contributed by atoms with Crippen molar-refractivity contribution in [1.82, 2.24) is 0 Å². The fourth-order valence-corrected chi connectivity index (χ4v) is 2.76. The van der Waals surface area contributed by atoms with Gasteiger partial charge >= 0.3 is 0 Å². The van der Waals surface area contributed by atoms with Gasteiger partial charge in [0.25, 0.3) is 0 Å². The lowest BCUT2D eigenvalue weighted by atomic mass is 10.3. The van der Waals surface area contributed by atoms with E-state index in [0.717, 1.165) is 36.4 Å². The SMILES string of the molecule is O=S(=O)(c1ccc(F)c(O)c1)c1ccc(F)c(O)c1. The van der Waals surface area contributed by atoms with E-state index in [1.807, 2.05) is 0 Å². The van der Waals surface area contributed by atoms with Gasteiger partial charge in [-0.05, 0) is 24.3 Å². The molecule has 0 atom stereocenters. The first-order valence-electron chi connectivity index (χ1n) is 5.04. The van der Waals surface area contributed by atoms with Crippen LogP contribution in [0.15, 0.2) is 46.2 Å². The van der Waals surface area contributed by atoms with E-state index in [4.69, 9.17) is 10.2 Å². The van der Waals surface area contributed by atoms with Crippen LogP contribution in [-0.4, -0.2) is 18.6 Å². The Morgan fingerprint density at radius 2 is 1.16 bits per heavy atom. The molecule has 100 valence electrons. The van der Waals surface area contributed by atoms with E-state index >= 15 is 0 Å². The molecule has 7 heteroatoms. The highest BCUT2D eigenvalue weighted by molar-refractivity contribution is 7.91. The Morgan fingerprint density at radius 1 is 0.789 bits per heavy atom. The molecule has 0 amide bonds. The number of phenolic OH excluding ortho intramolecular Hbond substituents is 2. The summed E-state index contributed by atoms with van der Waals surface area (Å²) in [5.74, 6) is -3.54. The molecule has 0 radical (unpaired) electrons. The minimum Gasteiger partial charge on any atom is -0.505 e. The Bertz CT molecular complexity index is 684. The average Bonchev–Trinajstić information content (AvgIpc) is 2.35. The van der Waals surface area contributed by atoms with Crippen molar-refractivity contribution in [3.63, 3.8) is 0 Å². The summed E-state index contributed by atoms with van der Waals surface area (Å²) in [6.45, 7) is 0. The van der Waals surface area contributed by atoms with Crippen LogP contribution >= 0.6 is 0 Å². The second kappa shape index (κ2) is 4.51. The molecule has 4 nitrogen and oxygen atoms in total. The Kier molecular flexibility index (Phi) is 3.15. The number of hydrogen-bond acceptors (Lipinski definition) is 4. The van der Waals surface area contributed by atoms with Gasteiger partial charge in [-0.2, -0.15) is 0 Å². The van der Waals surface area contributed by atoms with E-state index < -0.39 is 33.0 Å². The van der Waals surface area contributed by atoms with Crippen LogP contribution in [0.4, 0.5) is 8.78 Å². The van der Waals surface area contributed by atoms with Gasteiger partial charge in [0.1, 0.15) is 0 Å². The molecule has 0 aliphatic heterocycles. The summed E-state index contributed by atoms with van der Waals surface area (Å²) in [5.41, 5.74) is 0. The number of rotatable bonds is 2. The molecular weight excluding hydrogens is 278 g/mol. The normalized spacial score (nSPS) is 11.5. The lowest BCUT2D eigenvalue weighted by Gasteiger charge is -2.06. The first-order chi connectivity index (χ1) is 8.82. The molecule has 2 aromatic carbocycles. The second-order valence-corrected chi connectivity index (χ2v) is 5.68. The topological polar surface area (TPSA) is 74.6 Å². The van der Waals surface area contributed by atoms with Crippen LogP contribution in [-0.2, 0) is 9.84 Å². The van der Waals surface area contributed by atoms with Gasteiger partial charge in [-0.15, -0.1) is 0 Å². The van der Waals surface area contributed by atoms with Gasteiger partial charge in [-0.1, -0.05) is 0 Å². The van der Waals surface area contributed by atoms with E-state index in [9.17, 15) is 17.2 Å². The third-order valence-electron chi connectivity index (χ3n) is 2.46. The number of hydrogen-bond donors (Lipinski definition) is 2. The number of phenols is 2. The quantitative estimate of drug-likeness (QED) is 0.830. The standard InChI is InChI=1S/C12H8F2O4S/c13-9-3-1-7(5-11(9)15)19(17,18)8-2-4-10(14)12(16)6-8/h1-6,15-16H. The Labute approximate surface area is 107 Å². The van der Waals surface area contributed by atoms with Gasteiger partial charge < -0.3 is 10.2 Å². The van der Waals surface area contributed by atoms with Crippen LogP contribution < -0.4 is 0 Å². The molecule has 0 fully saturated rings. The van der Waals surface area contributed by atoms with Crippen molar-refractivity contribution in [2.45, 2.75) is 9.79 Å². The molecule has 2 rings (SSSR count). The molecule has 0 spiro atoms. The summed E-state index contributed by atoms with van der Waals surface area (Å²) < 4.78 is 49.9. The highest BCUT2D eigenvalue weighted by Crippen LogP contribution is 2.28. The summed E-state index contributed by atoms with van der Waals surface area (Å²) in [4.78, 5) is -0.727. The van der Waals surface area contributed by atoms with Gasteiger partial charge in [0.2, 0.25) is 9.84 Å². The molecule has 0 saturated carbocycles. The summed E-state index contributed by atoms with van der Waals surface area (Å²) in [5, 5.41) is 18.3. The lowest BCUT2D eigenvalue weighted by molar-refractivity contribution is 0.429. The zero-order valence-corrected chi connectivity index (χ0v) is 10.2. The predicted octanol–water partition coefficient (Wildman–Crippen LogP) is 2.21. The number of sulfone groups is 1. The monoisotopic (exact) mass is 286 g/mol. The molecule has 19 heavy (non-hydrogen) atoms. The van der Waals surface area contributed by atoms with Crippen molar-refractivity contribution in [2.24, 2.45) is 0 Å². The lowest BCUT2D eigenvalue weighted by Crippen LogP contribution is -2.02. The van der Waals surface area contributed by atoms with Crippen molar-refractivity contribution >= 4 is 9.84 Å². The second-order valence-electron chi connectivity index (χ2n) is 3.73. The van der Waals surface area contributed by atoms with E-state index in [0.29, 0.717) is 0 Å². The van der Waals surface area contributed by atoms with Gasteiger partial charge in [0, 0.05) is 12.1 Å². The molecule has 2 N–H and O–H groups in total. The smallest absolute Gasteiger partial charge is 0.206 e. The van der Waals surface area contributed by atoms with E-state index in [-0.39, 0.29) is 9.79 Å². The molecule has 0 heterocycles. The molecule has 0 aromatic heterocycles. The molecule has 0 bridgehead atoms. The van der Waals surface area contributed by atoms with Crippen LogP contribution in [0.5, 0.6) is 11.5 Å². The zero-order chi connectivity index (χ0) is 14.2. The zero-order valence-electron chi connectivity index (χ0n) is 9.34. The number of benzene rings is 2. The molecular formula is C12H8F2O4S. The number of halogens is 2. The van der Waals surface area contributed by atoms with E-state index in [2.05, 4.69) is 0 Å². The molecule has 2 aromatic rings. The average molecular weight is 286 g/mol. The first-order valence-corrected chi connectivity index (χ1v) is 6.53. The summed E-state index contributed by atoms with van der Waals surface area (Å²) in [6.07, 6.45) is 0. The molecule has 0 aliphatic carbocycles. The van der Waals surface area contributed by atoms with Crippen molar-refractivity contribution in [3.05, 3.63) is 48.0 Å². The Morgan fingerprint density at radius 3 is 1.47 bits per heavy atom. The van der Waals surface area contributed by atoms with Gasteiger partial charge in [-0.25, -0.2) is 17.2 Å². The molecule has 0 aliphatic rings. The predicted molar refractivity (Wildman–Crippen MR) is 61.6 cm³/mol. The summed E-state index contributed by atoms with van der Waals surface area (Å²) in [6, 6.07) is 5.00. The fourth-order valence-electron chi connectivity index (χ4n) is 1.46. The Balaban J connectivity index is 2.58. The maximum Gasteiger partial charge on any atom is 0.206 e. The maximum absolute atomic E-state index is 12.9. The Hall–Kier alpha value is -2.15. The third-order valence-corrected chi connectivity index (χ3v) is 4.20. The van der Waals surface area contributed by atoms with Crippen molar-refractivity contribution in [3.8, 4) is 11.5 Å². The van der Waals surface area contributed by atoms with Crippen LogP contribution in [0.2, 0.25) is 0 Å². The van der Waals surface area contributed by atoms with Crippen molar-refractivity contribution in [2.75, 3.05) is 0 Å². The van der Waals surface area contributed by atoms with Crippen LogP contribution in [0.3, 0.4) is 0 Å². The maximum atomic E-state index is 12.9. The number of aromatic hydroxyl groups is 2. The van der Waals surface area contributed by atoms with Crippen LogP contribution in [0.1, 0.15) is 0 Å². The van der Waals surface area contributed by atoms with Crippen molar-refractivity contribution in [1.29, 1.82) is 0 Å². The third kappa shape index (κ3) is 2.37. The summed E-state index contributed by atoms with van der Waals surface area (Å²) >= 11 is 0. The van der Waals surface area contributed by atoms with E-state index in [1.54, 1.807) is 0 Å². The molecule has 0 saturated heterocycles. The largest absolute Gasteiger partial charge is 0.505 e. The van der Waals surface area contributed by atoms with Gasteiger partial charge in [0.15, 0.2) is 23.1 Å². The van der Waals surface area contributed by atoms with Gasteiger partial charge in [-0.3, -0.25) is 0 Å². The molecule has 0 unspecified atom stereocenters. The first kappa shape index (κ1) is 13.3. The highest BCUT2D eigenvalue weighted by atomic mass is 32.2. The van der Waals surface area contributed by atoms with Crippen molar-refractivity contribution < 1.29 is 27.4 Å².